The molecule has 5 heteroatoms. The molecule has 4 nitrogen and oxygen atoms in total. The van der Waals surface area contributed by atoms with Gasteiger partial charge in [-0.3, -0.25) is 4.79 Å². The van der Waals surface area contributed by atoms with Crippen LogP contribution in [-0.4, -0.2) is 43.5 Å². The Balaban J connectivity index is 1.44. The minimum Gasteiger partial charge on any atom is -0.384 e. The average Bonchev–Trinajstić information content (AvgIpc) is 2.64. The highest BCUT2D eigenvalue weighted by Crippen LogP contribution is 2.17. The highest BCUT2D eigenvalue weighted by atomic mass is 19.1. The van der Waals surface area contributed by atoms with E-state index < -0.39 is 0 Å². The molecule has 1 N–H and O–H groups in total. The van der Waals surface area contributed by atoms with Crippen LogP contribution < -0.4 is 10.2 Å². The van der Waals surface area contributed by atoms with Crippen molar-refractivity contribution in [2.75, 3.05) is 42.9 Å². The minimum atomic E-state index is -0.223. The normalized spacial score (nSPS) is 14.5. The van der Waals surface area contributed by atoms with Crippen LogP contribution in [0.15, 0.2) is 48.5 Å². The van der Waals surface area contributed by atoms with Crippen LogP contribution in [0.3, 0.4) is 0 Å². The molecule has 1 amide bonds. The quantitative estimate of drug-likeness (QED) is 0.906. The van der Waals surface area contributed by atoms with Crippen molar-refractivity contribution < 1.29 is 9.18 Å². The van der Waals surface area contributed by atoms with E-state index in [1.54, 1.807) is 12.1 Å². The van der Waals surface area contributed by atoms with Crippen molar-refractivity contribution in [3.63, 3.8) is 0 Å². The molecule has 0 radical (unpaired) electrons. The second-order valence-electron chi connectivity index (χ2n) is 6.34. The third-order valence-electron chi connectivity index (χ3n) is 4.62. The summed E-state index contributed by atoms with van der Waals surface area (Å²) in [6.07, 6.45) is 0.491. The van der Waals surface area contributed by atoms with Crippen molar-refractivity contribution in [3.8, 4) is 0 Å². The lowest BCUT2D eigenvalue weighted by Crippen LogP contribution is -2.49. The van der Waals surface area contributed by atoms with Crippen LogP contribution in [0.2, 0.25) is 0 Å². The highest BCUT2D eigenvalue weighted by molar-refractivity contribution is 5.77. The van der Waals surface area contributed by atoms with Gasteiger partial charge in [-0.2, -0.15) is 0 Å². The molecule has 1 fully saturated rings. The van der Waals surface area contributed by atoms with Crippen molar-refractivity contribution in [2.24, 2.45) is 0 Å². The third kappa shape index (κ3) is 4.50. The Bertz CT molecular complexity index is 709. The fourth-order valence-electron chi connectivity index (χ4n) is 3.10. The van der Waals surface area contributed by atoms with E-state index >= 15 is 0 Å². The molecule has 1 aliphatic rings. The first kappa shape index (κ1) is 17.3. The number of hydrogen-bond acceptors (Lipinski definition) is 3. The van der Waals surface area contributed by atoms with E-state index in [4.69, 9.17) is 0 Å². The summed E-state index contributed by atoms with van der Waals surface area (Å²) in [7, 11) is 0. The number of nitrogens with zero attached hydrogens (tertiary/aromatic N) is 2. The van der Waals surface area contributed by atoms with Gasteiger partial charge in [0.25, 0.3) is 0 Å². The van der Waals surface area contributed by atoms with Crippen molar-refractivity contribution in [2.45, 2.75) is 13.3 Å². The highest BCUT2D eigenvalue weighted by Gasteiger charge is 2.20. The molecule has 2 aromatic carbocycles. The lowest BCUT2D eigenvalue weighted by Gasteiger charge is -2.36. The Labute approximate surface area is 148 Å². The summed E-state index contributed by atoms with van der Waals surface area (Å²) in [4.78, 5) is 16.5. The zero-order valence-corrected chi connectivity index (χ0v) is 14.5. The van der Waals surface area contributed by atoms with Crippen LogP contribution in [-0.2, 0) is 4.79 Å². The van der Waals surface area contributed by atoms with E-state index in [-0.39, 0.29) is 11.7 Å². The number of rotatable bonds is 5. The number of carbonyl (C=O) groups is 1. The Morgan fingerprint density at radius 3 is 2.40 bits per heavy atom. The van der Waals surface area contributed by atoms with Gasteiger partial charge in [-0.05, 0) is 42.8 Å². The first-order valence-corrected chi connectivity index (χ1v) is 8.71. The van der Waals surface area contributed by atoms with E-state index in [1.165, 1.54) is 17.7 Å². The van der Waals surface area contributed by atoms with Crippen LogP contribution in [0.1, 0.15) is 12.0 Å². The Morgan fingerprint density at radius 2 is 1.72 bits per heavy atom. The maximum atomic E-state index is 13.0. The van der Waals surface area contributed by atoms with Gasteiger partial charge in [0.05, 0.1) is 0 Å². The molecule has 1 aliphatic heterocycles. The van der Waals surface area contributed by atoms with Crippen LogP contribution in [0.5, 0.6) is 0 Å². The standard InChI is InChI=1S/C20H24FN3O/c1-16-4-2-3-5-19(16)22-11-10-20(25)24-14-12-23(13-15-24)18-8-6-17(21)7-9-18/h2-9,22H,10-15H2,1H3. The van der Waals surface area contributed by atoms with Gasteiger partial charge >= 0.3 is 0 Å². The Morgan fingerprint density at radius 1 is 1.04 bits per heavy atom. The number of benzene rings is 2. The average molecular weight is 341 g/mol. The van der Waals surface area contributed by atoms with E-state index in [0.717, 1.165) is 24.5 Å². The smallest absolute Gasteiger partial charge is 0.224 e. The molecule has 3 rings (SSSR count). The number of amides is 1. The molecule has 0 bridgehead atoms. The number of anilines is 2. The molecule has 0 aromatic heterocycles. The van der Waals surface area contributed by atoms with Gasteiger partial charge < -0.3 is 15.1 Å². The molecule has 2 aromatic rings. The lowest BCUT2D eigenvalue weighted by molar-refractivity contribution is -0.131. The lowest BCUT2D eigenvalue weighted by atomic mass is 10.2. The SMILES string of the molecule is Cc1ccccc1NCCC(=O)N1CCN(c2ccc(F)cc2)CC1. The zero-order chi connectivity index (χ0) is 17.6. The van der Waals surface area contributed by atoms with Crippen molar-refractivity contribution in [1.29, 1.82) is 0 Å². The van der Waals surface area contributed by atoms with Crippen LogP contribution in [0.25, 0.3) is 0 Å². The second kappa shape index (κ2) is 8.01. The summed E-state index contributed by atoms with van der Waals surface area (Å²) < 4.78 is 13.0. The van der Waals surface area contributed by atoms with E-state index in [9.17, 15) is 9.18 Å². The first-order valence-electron chi connectivity index (χ1n) is 8.71. The largest absolute Gasteiger partial charge is 0.384 e. The molecule has 25 heavy (non-hydrogen) atoms. The van der Waals surface area contributed by atoms with Crippen LogP contribution in [0, 0.1) is 12.7 Å². The minimum absolute atomic E-state index is 0.180. The Hall–Kier alpha value is -2.56. The van der Waals surface area contributed by atoms with E-state index in [1.807, 2.05) is 23.1 Å². The van der Waals surface area contributed by atoms with Crippen molar-refractivity contribution >= 4 is 17.3 Å². The summed E-state index contributed by atoms with van der Waals surface area (Å²) in [5.41, 5.74) is 3.27. The second-order valence-corrected chi connectivity index (χ2v) is 6.34. The number of hydrogen-bond donors (Lipinski definition) is 1. The predicted molar refractivity (Wildman–Crippen MR) is 99.5 cm³/mol. The zero-order valence-electron chi connectivity index (χ0n) is 14.5. The molecule has 132 valence electrons. The van der Waals surface area contributed by atoms with Crippen LogP contribution in [0.4, 0.5) is 15.8 Å². The van der Waals surface area contributed by atoms with Gasteiger partial charge in [-0.15, -0.1) is 0 Å². The van der Waals surface area contributed by atoms with Crippen LogP contribution >= 0.6 is 0 Å². The molecular weight excluding hydrogens is 317 g/mol. The van der Waals surface area contributed by atoms with Gasteiger partial charge in [0, 0.05) is 50.5 Å². The summed E-state index contributed by atoms with van der Waals surface area (Å²) >= 11 is 0. The molecule has 0 aliphatic carbocycles. The number of nitrogens with one attached hydrogen (secondary N) is 1. The Kier molecular flexibility index (Phi) is 5.53. The predicted octanol–water partition coefficient (Wildman–Crippen LogP) is 3.28. The van der Waals surface area contributed by atoms with Gasteiger partial charge in [0.1, 0.15) is 5.82 Å². The molecule has 0 spiro atoms. The maximum absolute atomic E-state index is 13.0. The van der Waals surface area contributed by atoms with E-state index in [0.29, 0.717) is 26.1 Å². The fourth-order valence-corrected chi connectivity index (χ4v) is 3.10. The summed E-state index contributed by atoms with van der Waals surface area (Å²) in [5.74, 6) is -0.0430. The van der Waals surface area contributed by atoms with E-state index in [2.05, 4.69) is 23.2 Å². The summed E-state index contributed by atoms with van der Waals surface area (Å²) in [6.45, 7) is 5.67. The fraction of sp³-hybridized carbons (Fsp3) is 0.350. The van der Waals surface area contributed by atoms with Gasteiger partial charge in [-0.25, -0.2) is 4.39 Å². The molecule has 0 saturated carbocycles. The molecule has 1 heterocycles. The number of aryl methyl sites for hydroxylation is 1. The molecule has 0 unspecified atom stereocenters. The topological polar surface area (TPSA) is 35.6 Å². The van der Waals surface area contributed by atoms with Crippen molar-refractivity contribution in [3.05, 3.63) is 59.9 Å². The summed E-state index contributed by atoms with van der Waals surface area (Å²) in [6, 6.07) is 14.6. The number of halogens is 1. The molecular formula is C20H24FN3O. The van der Waals surface area contributed by atoms with Gasteiger partial charge in [0.15, 0.2) is 0 Å². The third-order valence-corrected chi connectivity index (χ3v) is 4.62. The molecule has 1 saturated heterocycles. The van der Waals surface area contributed by atoms with Crippen molar-refractivity contribution in [1.82, 2.24) is 4.90 Å². The number of carbonyl (C=O) groups excluding carboxylic acids is 1. The summed E-state index contributed by atoms with van der Waals surface area (Å²) in [5, 5.41) is 3.33. The monoisotopic (exact) mass is 341 g/mol. The first-order chi connectivity index (χ1) is 12.1. The van der Waals surface area contributed by atoms with Gasteiger partial charge in [0.2, 0.25) is 5.91 Å². The number of para-hydroxylation sites is 1. The molecule has 0 atom stereocenters. The number of piperazine rings is 1. The maximum Gasteiger partial charge on any atom is 0.224 e. The van der Waals surface area contributed by atoms with Gasteiger partial charge in [-0.1, -0.05) is 18.2 Å².